The predicted molar refractivity (Wildman–Crippen MR) is 73.6 cm³/mol. The van der Waals surface area contributed by atoms with Gasteiger partial charge in [0.15, 0.2) is 0 Å². The van der Waals surface area contributed by atoms with Crippen LogP contribution in [0, 0.1) is 0 Å². The number of aromatic nitrogens is 2. The lowest BCUT2D eigenvalue weighted by atomic mass is 10.2. The van der Waals surface area contributed by atoms with Crippen LogP contribution in [-0.2, 0) is 10.0 Å². The van der Waals surface area contributed by atoms with E-state index in [1.54, 1.807) is 13.0 Å². The van der Waals surface area contributed by atoms with E-state index in [9.17, 15) is 13.2 Å². The van der Waals surface area contributed by atoms with Crippen LogP contribution in [0.15, 0.2) is 35.1 Å². The van der Waals surface area contributed by atoms with Gasteiger partial charge in [-0.15, -0.1) is 11.3 Å². The lowest BCUT2D eigenvalue weighted by molar-refractivity contribution is 0.0939. The van der Waals surface area contributed by atoms with Gasteiger partial charge in [0.25, 0.3) is 5.91 Å². The number of primary sulfonamides is 1. The summed E-state index contributed by atoms with van der Waals surface area (Å²) in [7, 11) is -3.71. The lowest BCUT2D eigenvalue weighted by Crippen LogP contribution is -2.26. The molecule has 0 aliphatic carbocycles. The Bertz CT molecular complexity index is 712. The molecule has 0 saturated carbocycles. The van der Waals surface area contributed by atoms with Crippen LogP contribution in [0.4, 0.5) is 0 Å². The van der Waals surface area contributed by atoms with Crippen LogP contribution in [0.2, 0.25) is 0 Å². The molecule has 106 valence electrons. The average molecular weight is 312 g/mol. The highest BCUT2D eigenvalue weighted by Crippen LogP contribution is 2.25. The zero-order valence-corrected chi connectivity index (χ0v) is 12.1. The summed E-state index contributed by atoms with van der Waals surface area (Å²) in [5.41, 5.74) is 0.336. The zero-order chi connectivity index (χ0) is 14.8. The van der Waals surface area contributed by atoms with Crippen molar-refractivity contribution in [1.82, 2.24) is 15.3 Å². The summed E-state index contributed by atoms with van der Waals surface area (Å²) in [5.74, 6) is -0.330. The number of nitrogens with zero attached hydrogens (tertiary/aromatic N) is 2. The van der Waals surface area contributed by atoms with E-state index in [1.165, 1.54) is 24.8 Å². The Morgan fingerprint density at radius 1 is 1.35 bits per heavy atom. The van der Waals surface area contributed by atoms with Crippen molar-refractivity contribution < 1.29 is 13.2 Å². The summed E-state index contributed by atoms with van der Waals surface area (Å²) in [6.45, 7) is 1.75. The fraction of sp³-hybridized carbons (Fsp3) is 0.182. The first-order valence-electron chi connectivity index (χ1n) is 5.56. The summed E-state index contributed by atoms with van der Waals surface area (Å²) in [6.07, 6.45) is 4.14. The molecule has 0 aromatic carbocycles. The second kappa shape index (κ2) is 5.65. The molecule has 9 heteroatoms. The molecule has 2 aromatic heterocycles. The van der Waals surface area contributed by atoms with Crippen molar-refractivity contribution in [3.05, 3.63) is 41.3 Å². The molecule has 0 bridgehead atoms. The summed E-state index contributed by atoms with van der Waals surface area (Å²) < 4.78 is 22.5. The smallest absolute Gasteiger partial charge is 0.254 e. The minimum Gasteiger partial charge on any atom is -0.345 e. The van der Waals surface area contributed by atoms with Crippen molar-refractivity contribution in [2.45, 2.75) is 17.2 Å². The quantitative estimate of drug-likeness (QED) is 0.861. The van der Waals surface area contributed by atoms with Gasteiger partial charge in [0.1, 0.15) is 10.5 Å². The number of nitrogens with one attached hydrogen (secondary N) is 1. The molecule has 2 aromatic rings. The third-order valence-corrected chi connectivity index (χ3v) is 5.19. The van der Waals surface area contributed by atoms with E-state index in [4.69, 9.17) is 5.14 Å². The van der Waals surface area contributed by atoms with Crippen molar-refractivity contribution in [3.8, 4) is 0 Å². The van der Waals surface area contributed by atoms with Crippen molar-refractivity contribution in [3.63, 3.8) is 0 Å². The number of sulfonamides is 1. The molecular formula is C11H12N4O3S2. The number of thiophene rings is 1. The van der Waals surface area contributed by atoms with Crippen LogP contribution in [0.25, 0.3) is 0 Å². The summed E-state index contributed by atoms with van der Waals surface area (Å²) >= 11 is 1.03. The Hall–Kier alpha value is -1.84. The van der Waals surface area contributed by atoms with Crippen LogP contribution in [0.3, 0.4) is 0 Å². The third-order valence-electron chi connectivity index (χ3n) is 2.48. The van der Waals surface area contributed by atoms with E-state index in [2.05, 4.69) is 15.3 Å². The molecule has 0 aliphatic rings. The molecule has 0 aliphatic heterocycles. The van der Waals surface area contributed by atoms with Gasteiger partial charge in [-0.2, -0.15) is 0 Å². The molecule has 7 nitrogen and oxygen atoms in total. The fourth-order valence-electron chi connectivity index (χ4n) is 1.49. The van der Waals surface area contributed by atoms with Gasteiger partial charge in [-0.3, -0.25) is 4.79 Å². The maximum atomic E-state index is 11.9. The second-order valence-corrected chi connectivity index (χ2v) is 6.93. The second-order valence-electron chi connectivity index (χ2n) is 4.02. The Kier molecular flexibility index (Phi) is 4.12. The molecule has 1 unspecified atom stereocenters. The zero-order valence-electron chi connectivity index (χ0n) is 10.5. The standard InChI is InChI=1S/C11H12N4O3S2/c1-7(9-2-3-10(19-9)20(12,17)18)15-11(16)8-4-13-6-14-5-8/h2-7H,1H3,(H,15,16)(H2,12,17,18). The Labute approximate surface area is 119 Å². The molecule has 20 heavy (non-hydrogen) atoms. The third kappa shape index (κ3) is 3.38. The van der Waals surface area contributed by atoms with Gasteiger partial charge >= 0.3 is 0 Å². The maximum absolute atomic E-state index is 11.9. The van der Waals surface area contributed by atoms with E-state index in [0.29, 0.717) is 10.4 Å². The van der Waals surface area contributed by atoms with Crippen LogP contribution < -0.4 is 10.5 Å². The van der Waals surface area contributed by atoms with Gasteiger partial charge < -0.3 is 5.32 Å². The van der Waals surface area contributed by atoms with Crippen molar-refractivity contribution in [2.24, 2.45) is 5.14 Å². The Morgan fingerprint density at radius 3 is 2.55 bits per heavy atom. The van der Waals surface area contributed by atoms with Gasteiger partial charge in [0.05, 0.1) is 11.6 Å². The van der Waals surface area contributed by atoms with Crippen LogP contribution >= 0.6 is 11.3 Å². The van der Waals surface area contributed by atoms with Crippen molar-refractivity contribution in [1.29, 1.82) is 0 Å². The minimum absolute atomic E-state index is 0.0663. The molecule has 0 fully saturated rings. The number of hydrogen-bond acceptors (Lipinski definition) is 6. The maximum Gasteiger partial charge on any atom is 0.254 e. The molecule has 1 amide bonds. The molecule has 0 radical (unpaired) electrons. The fourth-order valence-corrected chi connectivity index (χ4v) is 3.24. The highest BCUT2D eigenvalue weighted by molar-refractivity contribution is 7.91. The van der Waals surface area contributed by atoms with Crippen molar-refractivity contribution in [2.75, 3.05) is 0 Å². The lowest BCUT2D eigenvalue weighted by Gasteiger charge is -2.11. The summed E-state index contributed by atoms with van der Waals surface area (Å²) in [6, 6.07) is 2.70. The van der Waals surface area contributed by atoms with Gasteiger partial charge in [0.2, 0.25) is 10.0 Å². The first kappa shape index (κ1) is 14.6. The van der Waals surface area contributed by atoms with E-state index >= 15 is 0 Å². The minimum atomic E-state index is -3.71. The Balaban J connectivity index is 2.11. The van der Waals surface area contributed by atoms with Gasteiger partial charge in [0, 0.05) is 17.3 Å². The number of carbonyl (C=O) groups excluding carboxylic acids is 1. The van der Waals surface area contributed by atoms with Crippen molar-refractivity contribution >= 4 is 27.3 Å². The van der Waals surface area contributed by atoms with Gasteiger partial charge in [-0.05, 0) is 19.1 Å². The molecule has 1 atom stereocenters. The SMILES string of the molecule is CC(NC(=O)c1cncnc1)c1ccc(S(N)(=O)=O)s1. The number of rotatable bonds is 4. The molecular weight excluding hydrogens is 300 g/mol. The predicted octanol–water partition coefficient (Wildman–Crippen LogP) is 0.677. The number of hydrogen-bond donors (Lipinski definition) is 2. The van der Waals surface area contributed by atoms with Crippen LogP contribution in [0.1, 0.15) is 28.2 Å². The number of amides is 1. The highest BCUT2D eigenvalue weighted by atomic mass is 32.2. The van der Waals surface area contributed by atoms with Crippen LogP contribution in [-0.4, -0.2) is 24.3 Å². The molecule has 0 saturated heterocycles. The number of carbonyl (C=O) groups is 1. The normalized spacial score (nSPS) is 12.9. The molecule has 3 N–H and O–H groups in total. The summed E-state index contributed by atoms with van der Waals surface area (Å²) in [4.78, 5) is 20.1. The Morgan fingerprint density at radius 2 is 2.00 bits per heavy atom. The first-order valence-corrected chi connectivity index (χ1v) is 7.92. The van der Waals surface area contributed by atoms with Crippen LogP contribution in [0.5, 0.6) is 0 Å². The topological polar surface area (TPSA) is 115 Å². The van der Waals surface area contributed by atoms with Gasteiger partial charge in [-0.25, -0.2) is 23.5 Å². The van der Waals surface area contributed by atoms with E-state index in [1.807, 2.05) is 0 Å². The van der Waals surface area contributed by atoms with Gasteiger partial charge in [-0.1, -0.05) is 0 Å². The summed E-state index contributed by atoms with van der Waals surface area (Å²) in [5, 5.41) is 7.77. The molecule has 0 spiro atoms. The molecule has 2 rings (SSSR count). The van der Waals surface area contributed by atoms with E-state index in [0.717, 1.165) is 11.3 Å². The number of nitrogens with two attached hydrogens (primary N) is 1. The molecule has 2 heterocycles. The monoisotopic (exact) mass is 312 g/mol. The first-order chi connectivity index (χ1) is 9.38. The highest BCUT2D eigenvalue weighted by Gasteiger charge is 2.17. The van der Waals surface area contributed by atoms with E-state index < -0.39 is 10.0 Å². The van der Waals surface area contributed by atoms with E-state index in [-0.39, 0.29) is 16.2 Å². The average Bonchev–Trinajstić information content (AvgIpc) is 2.89. The largest absolute Gasteiger partial charge is 0.345 e.